The molecule has 0 aliphatic rings. The number of nitrogens with zero attached hydrogens (tertiary/aromatic N) is 4. The van der Waals surface area contributed by atoms with Gasteiger partial charge in [-0.25, -0.2) is 0 Å². The minimum absolute atomic E-state index is 0.00297. The number of aliphatic hydroxyl groups is 1. The van der Waals surface area contributed by atoms with E-state index < -0.39 is 5.54 Å². The summed E-state index contributed by atoms with van der Waals surface area (Å²) < 4.78 is 0. The molecule has 0 amide bonds. The van der Waals surface area contributed by atoms with Crippen molar-refractivity contribution in [1.82, 2.24) is 15.0 Å². The van der Waals surface area contributed by atoms with E-state index >= 15 is 0 Å². The molecule has 1 aromatic rings. The van der Waals surface area contributed by atoms with Gasteiger partial charge in [0.1, 0.15) is 0 Å². The standard InChI is InChI=1S/C14H28N6O/c1-6-9-15-11-16-12(19-14(4,5)10-21)18-13(17-11)20(7-2)8-3/h21H,6-10H2,1-5H3,(H2,15,16,17,18,19). The van der Waals surface area contributed by atoms with Crippen molar-refractivity contribution in [2.24, 2.45) is 0 Å². The van der Waals surface area contributed by atoms with Crippen molar-refractivity contribution in [3.05, 3.63) is 0 Å². The third kappa shape index (κ3) is 5.34. The van der Waals surface area contributed by atoms with Crippen molar-refractivity contribution in [3.63, 3.8) is 0 Å². The van der Waals surface area contributed by atoms with E-state index in [0.29, 0.717) is 17.8 Å². The summed E-state index contributed by atoms with van der Waals surface area (Å²) in [6.07, 6.45) is 0.997. The van der Waals surface area contributed by atoms with Gasteiger partial charge in [0.05, 0.1) is 12.1 Å². The van der Waals surface area contributed by atoms with Gasteiger partial charge in [-0.1, -0.05) is 6.92 Å². The molecule has 0 aliphatic heterocycles. The monoisotopic (exact) mass is 296 g/mol. The number of hydrogen-bond donors (Lipinski definition) is 3. The summed E-state index contributed by atoms with van der Waals surface area (Å²) in [5.41, 5.74) is -0.482. The second-order valence-electron chi connectivity index (χ2n) is 5.55. The molecular formula is C14H28N6O. The third-order valence-corrected chi connectivity index (χ3v) is 3.05. The summed E-state index contributed by atoms with van der Waals surface area (Å²) in [6, 6.07) is 0. The van der Waals surface area contributed by atoms with Crippen LogP contribution in [0.1, 0.15) is 41.0 Å². The van der Waals surface area contributed by atoms with Crippen molar-refractivity contribution in [1.29, 1.82) is 0 Å². The first kappa shape index (κ1) is 17.4. The van der Waals surface area contributed by atoms with E-state index in [4.69, 9.17) is 0 Å². The van der Waals surface area contributed by atoms with Crippen LogP contribution in [0, 0.1) is 0 Å². The molecule has 120 valence electrons. The van der Waals surface area contributed by atoms with E-state index in [-0.39, 0.29) is 6.61 Å². The third-order valence-electron chi connectivity index (χ3n) is 3.05. The first-order chi connectivity index (χ1) is 9.95. The lowest BCUT2D eigenvalue weighted by Crippen LogP contribution is -2.36. The van der Waals surface area contributed by atoms with Gasteiger partial charge in [-0.2, -0.15) is 15.0 Å². The van der Waals surface area contributed by atoms with Crippen LogP contribution in [0.15, 0.2) is 0 Å². The molecule has 0 atom stereocenters. The Balaban J connectivity index is 3.08. The molecule has 0 aliphatic carbocycles. The molecule has 0 spiro atoms. The highest BCUT2D eigenvalue weighted by Gasteiger charge is 2.19. The second kappa shape index (κ2) is 7.97. The Morgan fingerprint density at radius 2 is 1.67 bits per heavy atom. The predicted molar refractivity (Wildman–Crippen MR) is 87.0 cm³/mol. The molecule has 0 fully saturated rings. The lowest BCUT2D eigenvalue weighted by Gasteiger charge is -2.25. The highest BCUT2D eigenvalue weighted by Crippen LogP contribution is 2.16. The van der Waals surface area contributed by atoms with E-state index in [9.17, 15) is 5.11 Å². The number of rotatable bonds is 9. The van der Waals surface area contributed by atoms with Crippen LogP contribution < -0.4 is 15.5 Å². The number of anilines is 3. The van der Waals surface area contributed by atoms with E-state index in [1.165, 1.54) is 0 Å². The van der Waals surface area contributed by atoms with Crippen LogP contribution in [0.25, 0.3) is 0 Å². The van der Waals surface area contributed by atoms with Crippen molar-refractivity contribution >= 4 is 17.8 Å². The molecular weight excluding hydrogens is 268 g/mol. The van der Waals surface area contributed by atoms with Crippen LogP contribution in [-0.2, 0) is 0 Å². The fourth-order valence-electron chi connectivity index (χ4n) is 1.73. The summed E-state index contributed by atoms with van der Waals surface area (Å²) in [6.45, 7) is 12.5. The quantitative estimate of drug-likeness (QED) is 0.639. The zero-order valence-electron chi connectivity index (χ0n) is 13.8. The molecule has 0 saturated carbocycles. The zero-order chi connectivity index (χ0) is 15.9. The summed E-state index contributed by atoms with van der Waals surface area (Å²) in [5, 5.41) is 15.7. The fourth-order valence-corrected chi connectivity index (χ4v) is 1.73. The Morgan fingerprint density at radius 1 is 1.05 bits per heavy atom. The van der Waals surface area contributed by atoms with Gasteiger partial charge in [-0.15, -0.1) is 0 Å². The van der Waals surface area contributed by atoms with Gasteiger partial charge in [0.2, 0.25) is 17.8 Å². The number of nitrogens with one attached hydrogen (secondary N) is 2. The first-order valence-corrected chi connectivity index (χ1v) is 7.59. The van der Waals surface area contributed by atoms with Crippen molar-refractivity contribution < 1.29 is 5.11 Å². The maximum absolute atomic E-state index is 9.38. The van der Waals surface area contributed by atoms with Gasteiger partial charge in [0.15, 0.2) is 0 Å². The maximum atomic E-state index is 9.38. The van der Waals surface area contributed by atoms with Crippen LogP contribution >= 0.6 is 0 Å². The van der Waals surface area contributed by atoms with Crippen LogP contribution in [0.5, 0.6) is 0 Å². The molecule has 1 aromatic heterocycles. The van der Waals surface area contributed by atoms with Gasteiger partial charge in [-0.05, 0) is 34.1 Å². The highest BCUT2D eigenvalue weighted by atomic mass is 16.3. The highest BCUT2D eigenvalue weighted by molar-refractivity contribution is 5.44. The minimum atomic E-state index is -0.482. The summed E-state index contributed by atoms with van der Waals surface area (Å²) in [7, 11) is 0. The van der Waals surface area contributed by atoms with E-state index in [1.807, 2.05) is 13.8 Å². The van der Waals surface area contributed by atoms with Gasteiger partial charge in [0.25, 0.3) is 0 Å². The normalized spacial score (nSPS) is 11.3. The number of hydrogen-bond acceptors (Lipinski definition) is 7. The van der Waals surface area contributed by atoms with Crippen molar-refractivity contribution in [3.8, 4) is 0 Å². The van der Waals surface area contributed by atoms with E-state index in [1.54, 1.807) is 0 Å². The largest absolute Gasteiger partial charge is 0.394 e. The summed E-state index contributed by atoms with van der Waals surface area (Å²) in [4.78, 5) is 15.4. The molecule has 1 heterocycles. The number of aromatic nitrogens is 3. The van der Waals surface area contributed by atoms with E-state index in [0.717, 1.165) is 26.1 Å². The average Bonchev–Trinajstić information content (AvgIpc) is 2.46. The molecule has 0 bridgehead atoms. The minimum Gasteiger partial charge on any atom is -0.394 e. The van der Waals surface area contributed by atoms with Crippen molar-refractivity contribution in [2.45, 2.75) is 46.6 Å². The molecule has 3 N–H and O–H groups in total. The van der Waals surface area contributed by atoms with Crippen LogP contribution in [0.3, 0.4) is 0 Å². The van der Waals surface area contributed by atoms with Gasteiger partial charge >= 0.3 is 0 Å². The van der Waals surface area contributed by atoms with Gasteiger partial charge < -0.3 is 20.6 Å². The van der Waals surface area contributed by atoms with Crippen LogP contribution in [0.4, 0.5) is 17.8 Å². The van der Waals surface area contributed by atoms with Crippen molar-refractivity contribution in [2.75, 3.05) is 41.8 Å². The molecule has 0 aromatic carbocycles. The smallest absolute Gasteiger partial charge is 0.231 e. The zero-order valence-corrected chi connectivity index (χ0v) is 13.8. The molecule has 7 heteroatoms. The molecule has 7 nitrogen and oxygen atoms in total. The average molecular weight is 296 g/mol. The number of aliphatic hydroxyl groups excluding tert-OH is 1. The summed E-state index contributed by atoms with van der Waals surface area (Å²) >= 11 is 0. The van der Waals surface area contributed by atoms with Crippen LogP contribution in [0.2, 0.25) is 0 Å². The Morgan fingerprint density at radius 3 is 2.19 bits per heavy atom. The predicted octanol–water partition coefficient (Wildman–Crippen LogP) is 1.72. The molecule has 21 heavy (non-hydrogen) atoms. The molecule has 0 radical (unpaired) electrons. The topological polar surface area (TPSA) is 86.2 Å². The molecule has 1 rings (SSSR count). The first-order valence-electron chi connectivity index (χ1n) is 7.59. The molecule has 0 saturated heterocycles. The Kier molecular flexibility index (Phi) is 6.61. The Hall–Kier alpha value is -1.63. The maximum Gasteiger partial charge on any atom is 0.231 e. The van der Waals surface area contributed by atoms with Gasteiger partial charge in [-0.3, -0.25) is 0 Å². The SMILES string of the molecule is CCCNc1nc(NC(C)(C)CO)nc(N(CC)CC)n1. The van der Waals surface area contributed by atoms with Gasteiger partial charge in [0, 0.05) is 19.6 Å². The lowest BCUT2D eigenvalue weighted by atomic mass is 10.1. The molecule has 0 unspecified atom stereocenters. The van der Waals surface area contributed by atoms with E-state index in [2.05, 4.69) is 51.3 Å². The summed E-state index contributed by atoms with van der Waals surface area (Å²) in [5.74, 6) is 1.68. The van der Waals surface area contributed by atoms with Crippen LogP contribution in [-0.4, -0.2) is 51.8 Å². The lowest BCUT2D eigenvalue weighted by molar-refractivity contribution is 0.233. The Bertz CT molecular complexity index is 433. The fraction of sp³-hybridized carbons (Fsp3) is 0.786. The second-order valence-corrected chi connectivity index (χ2v) is 5.55. The Labute approximate surface area is 127 Å².